The lowest BCUT2D eigenvalue weighted by atomic mass is 10.2. The zero-order chi connectivity index (χ0) is 24.3. The maximum Gasteiger partial charge on any atom is 0.229 e. The number of anilines is 2. The normalized spacial score (nSPS) is 17.3. The standard InChI is InChI=1S/C26H32N8OS/c35-14-13-32-9-11-33(12-10-32)26-30-24(23-25(31-26)34(18-29-23)20-4-1-2-5-20)28-17-19-7-8-21(27-16-19)22-6-3-15-36-22/h3,6-8,15-16,18,20,35H,1-2,4-5,9-14,17H2,(H,28,30,31). The number of aromatic nitrogens is 5. The number of aliphatic hydroxyl groups excluding tert-OH is 1. The van der Waals surface area contributed by atoms with Crippen molar-refractivity contribution >= 4 is 34.3 Å². The molecule has 0 aromatic carbocycles. The largest absolute Gasteiger partial charge is 0.395 e. The van der Waals surface area contributed by atoms with Gasteiger partial charge >= 0.3 is 0 Å². The topological polar surface area (TPSA) is 95.2 Å². The lowest BCUT2D eigenvalue weighted by Gasteiger charge is -2.34. The van der Waals surface area contributed by atoms with Gasteiger partial charge in [-0.2, -0.15) is 9.97 Å². The molecule has 0 spiro atoms. The Kier molecular flexibility index (Phi) is 6.80. The van der Waals surface area contributed by atoms with Gasteiger partial charge in [0.15, 0.2) is 17.0 Å². The fraction of sp³-hybridized carbons (Fsp3) is 0.462. The smallest absolute Gasteiger partial charge is 0.229 e. The van der Waals surface area contributed by atoms with Crippen LogP contribution in [0.4, 0.5) is 11.8 Å². The number of pyridine rings is 1. The zero-order valence-electron chi connectivity index (χ0n) is 20.4. The van der Waals surface area contributed by atoms with E-state index < -0.39 is 0 Å². The van der Waals surface area contributed by atoms with Gasteiger partial charge in [-0.1, -0.05) is 25.0 Å². The Balaban J connectivity index is 1.26. The molecule has 10 heteroatoms. The van der Waals surface area contributed by atoms with Crippen molar-refractivity contribution in [3.05, 3.63) is 47.7 Å². The van der Waals surface area contributed by atoms with Crippen molar-refractivity contribution in [3.8, 4) is 10.6 Å². The van der Waals surface area contributed by atoms with Gasteiger partial charge in [0.2, 0.25) is 5.95 Å². The van der Waals surface area contributed by atoms with E-state index in [1.165, 1.54) is 30.6 Å². The molecule has 1 saturated carbocycles. The molecule has 0 unspecified atom stereocenters. The van der Waals surface area contributed by atoms with Gasteiger partial charge < -0.3 is 19.9 Å². The molecule has 0 atom stereocenters. The number of fused-ring (bicyclic) bond motifs is 1. The summed E-state index contributed by atoms with van der Waals surface area (Å²) in [6, 6.07) is 8.79. The monoisotopic (exact) mass is 504 g/mol. The summed E-state index contributed by atoms with van der Waals surface area (Å²) in [5, 5.41) is 14.9. The Morgan fingerprint density at radius 1 is 1.03 bits per heavy atom. The molecule has 0 bridgehead atoms. The summed E-state index contributed by atoms with van der Waals surface area (Å²) in [4.78, 5) is 25.1. The van der Waals surface area contributed by atoms with Crippen LogP contribution in [0.1, 0.15) is 37.3 Å². The van der Waals surface area contributed by atoms with E-state index in [0.29, 0.717) is 19.1 Å². The van der Waals surface area contributed by atoms with Gasteiger partial charge in [0, 0.05) is 51.5 Å². The molecule has 2 aliphatic rings. The van der Waals surface area contributed by atoms with Crippen LogP contribution in [0.15, 0.2) is 42.2 Å². The van der Waals surface area contributed by atoms with Crippen LogP contribution in [-0.2, 0) is 6.54 Å². The summed E-state index contributed by atoms with van der Waals surface area (Å²) in [6.45, 7) is 5.01. The molecular formula is C26H32N8OS. The van der Waals surface area contributed by atoms with E-state index in [-0.39, 0.29) is 6.61 Å². The van der Waals surface area contributed by atoms with Crippen molar-refractivity contribution < 1.29 is 5.11 Å². The van der Waals surface area contributed by atoms with Crippen LogP contribution in [-0.4, -0.2) is 73.8 Å². The van der Waals surface area contributed by atoms with Crippen molar-refractivity contribution in [2.45, 2.75) is 38.3 Å². The second-order valence-electron chi connectivity index (χ2n) is 9.57. The SMILES string of the molecule is OCCN1CCN(c2nc(NCc3ccc(-c4cccs4)nc3)c3ncn(C4CCCC4)c3n2)CC1. The summed E-state index contributed by atoms with van der Waals surface area (Å²) in [7, 11) is 0. The van der Waals surface area contributed by atoms with Crippen LogP contribution in [0, 0.1) is 0 Å². The Labute approximate surface area is 214 Å². The first-order chi connectivity index (χ1) is 17.8. The Morgan fingerprint density at radius 3 is 2.61 bits per heavy atom. The first kappa shape index (κ1) is 23.3. The number of aliphatic hydroxyl groups is 1. The van der Waals surface area contributed by atoms with E-state index in [9.17, 15) is 5.11 Å². The molecule has 0 radical (unpaired) electrons. The molecule has 1 aliphatic heterocycles. The summed E-state index contributed by atoms with van der Waals surface area (Å²) in [5.74, 6) is 1.52. The predicted octanol–water partition coefficient (Wildman–Crippen LogP) is 3.79. The number of hydrogen-bond acceptors (Lipinski definition) is 9. The second-order valence-corrected chi connectivity index (χ2v) is 10.5. The Hall–Kier alpha value is -3.08. The quantitative estimate of drug-likeness (QED) is 0.374. The second kappa shape index (κ2) is 10.5. The number of nitrogens with one attached hydrogen (secondary N) is 1. The first-order valence-electron chi connectivity index (χ1n) is 12.8. The van der Waals surface area contributed by atoms with Gasteiger partial charge in [-0.05, 0) is 35.9 Å². The molecule has 9 nitrogen and oxygen atoms in total. The first-order valence-corrected chi connectivity index (χ1v) is 13.7. The number of β-amino-alcohol motifs (C(OH)–C–C–N with tert-alkyl or cyclic N) is 1. The molecular weight excluding hydrogens is 472 g/mol. The number of rotatable bonds is 8. The van der Waals surface area contributed by atoms with Gasteiger partial charge in [-0.25, -0.2) is 4.98 Å². The van der Waals surface area contributed by atoms with Crippen molar-refractivity contribution in [1.82, 2.24) is 29.4 Å². The van der Waals surface area contributed by atoms with Gasteiger partial charge in [0.1, 0.15) is 0 Å². The van der Waals surface area contributed by atoms with Crippen LogP contribution in [0.25, 0.3) is 21.7 Å². The lowest BCUT2D eigenvalue weighted by Crippen LogP contribution is -2.47. The van der Waals surface area contributed by atoms with Crippen LogP contribution in [0.2, 0.25) is 0 Å². The zero-order valence-corrected chi connectivity index (χ0v) is 21.2. The molecule has 5 heterocycles. The number of thiophene rings is 1. The minimum Gasteiger partial charge on any atom is -0.395 e. The van der Waals surface area contributed by atoms with E-state index in [4.69, 9.17) is 15.0 Å². The van der Waals surface area contributed by atoms with Gasteiger partial charge in [-0.15, -0.1) is 11.3 Å². The molecule has 0 amide bonds. The van der Waals surface area contributed by atoms with E-state index in [0.717, 1.165) is 60.4 Å². The third-order valence-corrected chi connectivity index (χ3v) is 8.15. The minimum absolute atomic E-state index is 0.195. The predicted molar refractivity (Wildman–Crippen MR) is 143 cm³/mol. The summed E-state index contributed by atoms with van der Waals surface area (Å²) >= 11 is 1.70. The average Bonchev–Trinajstić information content (AvgIpc) is 3.70. The average molecular weight is 505 g/mol. The van der Waals surface area contributed by atoms with Crippen molar-refractivity contribution in [2.24, 2.45) is 0 Å². The molecule has 2 N–H and O–H groups in total. The fourth-order valence-corrected chi connectivity index (χ4v) is 5.92. The number of imidazole rings is 1. The lowest BCUT2D eigenvalue weighted by molar-refractivity contribution is 0.188. The fourth-order valence-electron chi connectivity index (χ4n) is 5.22. The molecule has 6 rings (SSSR count). The highest BCUT2D eigenvalue weighted by Gasteiger charge is 2.24. The minimum atomic E-state index is 0.195. The van der Waals surface area contributed by atoms with E-state index in [2.05, 4.69) is 48.2 Å². The third-order valence-electron chi connectivity index (χ3n) is 7.26. The molecule has 2 fully saturated rings. The molecule has 4 aromatic rings. The van der Waals surface area contributed by atoms with Crippen molar-refractivity contribution in [3.63, 3.8) is 0 Å². The maximum absolute atomic E-state index is 9.28. The van der Waals surface area contributed by atoms with E-state index >= 15 is 0 Å². The van der Waals surface area contributed by atoms with Crippen LogP contribution < -0.4 is 10.2 Å². The van der Waals surface area contributed by atoms with Gasteiger partial charge in [0.25, 0.3) is 0 Å². The van der Waals surface area contributed by atoms with Gasteiger partial charge in [-0.3, -0.25) is 9.88 Å². The molecule has 36 heavy (non-hydrogen) atoms. The summed E-state index contributed by atoms with van der Waals surface area (Å²) in [5.41, 5.74) is 3.83. The van der Waals surface area contributed by atoms with E-state index in [1.807, 2.05) is 18.6 Å². The maximum atomic E-state index is 9.28. The highest BCUT2D eigenvalue weighted by molar-refractivity contribution is 7.13. The molecule has 1 aliphatic carbocycles. The summed E-state index contributed by atoms with van der Waals surface area (Å²) < 4.78 is 2.26. The summed E-state index contributed by atoms with van der Waals surface area (Å²) in [6.07, 6.45) is 8.74. The highest BCUT2D eigenvalue weighted by Crippen LogP contribution is 2.33. The number of piperazine rings is 1. The molecule has 4 aromatic heterocycles. The number of hydrogen-bond donors (Lipinski definition) is 2. The highest BCUT2D eigenvalue weighted by atomic mass is 32.1. The molecule has 188 valence electrons. The van der Waals surface area contributed by atoms with Crippen molar-refractivity contribution in [2.75, 3.05) is 49.5 Å². The van der Waals surface area contributed by atoms with Crippen LogP contribution in [0.3, 0.4) is 0 Å². The van der Waals surface area contributed by atoms with Crippen molar-refractivity contribution in [1.29, 1.82) is 0 Å². The Morgan fingerprint density at radius 2 is 1.89 bits per heavy atom. The molecule has 1 saturated heterocycles. The number of nitrogens with zero attached hydrogens (tertiary/aromatic N) is 7. The third kappa shape index (κ3) is 4.80. The van der Waals surface area contributed by atoms with Crippen LogP contribution in [0.5, 0.6) is 0 Å². The van der Waals surface area contributed by atoms with E-state index in [1.54, 1.807) is 11.3 Å². The van der Waals surface area contributed by atoms with Gasteiger partial charge in [0.05, 0.1) is 23.5 Å². The Bertz CT molecular complexity index is 1280. The van der Waals surface area contributed by atoms with Crippen LogP contribution >= 0.6 is 11.3 Å².